The van der Waals surface area contributed by atoms with Gasteiger partial charge in [0, 0.05) is 120 Å². The Balaban J connectivity index is 0.000000111. The molecule has 2 aliphatic rings. The fraction of sp³-hybridized carbons (Fsp3) is 0.0168. The van der Waals surface area contributed by atoms with Crippen LogP contribution in [-0.2, 0) is 0 Å². The molecule has 0 radical (unpaired) electrons. The lowest BCUT2D eigenvalue weighted by Gasteiger charge is -2.15. The topological polar surface area (TPSA) is 116 Å². The number of nitrogens with zero attached hydrogens (tertiary/aromatic N) is 9. The number of aromatic nitrogens is 9. The smallest absolute Gasteiger partial charge is 0.160 e. The van der Waals surface area contributed by atoms with Crippen molar-refractivity contribution in [2.45, 2.75) is 16.1 Å². The largest absolute Gasteiger partial charge is 0.247 e. The fourth-order valence-electron chi connectivity index (χ4n) is 18.4. The quantitative estimate of drug-likeness (QED) is 0.110. The van der Waals surface area contributed by atoms with Crippen LogP contribution in [0, 0.1) is 0 Å². The highest BCUT2D eigenvalue weighted by Crippen LogP contribution is 2.52. The van der Waals surface area contributed by atoms with Crippen molar-refractivity contribution in [1.29, 1.82) is 0 Å². The lowest BCUT2D eigenvalue weighted by atomic mass is 9.92. The summed E-state index contributed by atoms with van der Waals surface area (Å²) in [7, 11) is 0. The third-order valence-corrected chi connectivity index (χ3v) is 25.9. The maximum Gasteiger partial charge on any atom is 0.160 e. The van der Waals surface area contributed by atoms with Crippen molar-refractivity contribution in [3.05, 3.63) is 461 Å². The average Bonchev–Trinajstić information content (AvgIpc) is 1.69. The molecule has 0 fully saturated rings. The average molecular weight is 1670 g/mol. The summed E-state index contributed by atoms with van der Waals surface area (Å²) in [5.41, 5.74) is 28.5. The van der Waals surface area contributed by atoms with Gasteiger partial charge in [-0.3, -0.25) is 0 Å². The van der Waals surface area contributed by atoms with Crippen LogP contribution in [0.3, 0.4) is 0 Å². The highest BCUT2D eigenvalue weighted by Gasteiger charge is 2.36. The van der Waals surface area contributed by atoms with Crippen LogP contribution >= 0.6 is 11.8 Å². The second kappa shape index (κ2) is 33.8. The molecule has 0 N–H and O–H groups in total. The summed E-state index contributed by atoms with van der Waals surface area (Å²) < 4.78 is 0. The number of pyridine rings is 3. The minimum atomic E-state index is 0.259. The van der Waals surface area contributed by atoms with Gasteiger partial charge >= 0.3 is 0 Å². The Morgan fingerprint density at radius 1 is 0.171 bits per heavy atom. The first-order valence-corrected chi connectivity index (χ1v) is 44.4. The van der Waals surface area contributed by atoms with Crippen LogP contribution in [0.25, 0.3) is 222 Å². The van der Waals surface area contributed by atoms with Crippen molar-refractivity contribution >= 4 is 98.6 Å². The minimum absolute atomic E-state index is 0.259. The summed E-state index contributed by atoms with van der Waals surface area (Å²) in [5, 5.41) is 13.0. The number of fused-ring (bicyclic) bond motifs is 14. The molecule has 7 heterocycles. The van der Waals surface area contributed by atoms with Gasteiger partial charge in [0.05, 0.1) is 72.3 Å². The molecule has 0 saturated carbocycles. The van der Waals surface area contributed by atoms with Crippen LogP contribution < -0.4 is 0 Å². The molecule has 2 atom stereocenters. The molecule has 25 rings (SSSR count). The molecule has 23 aromatic rings. The van der Waals surface area contributed by atoms with Crippen molar-refractivity contribution < 1.29 is 0 Å². The van der Waals surface area contributed by atoms with Crippen molar-refractivity contribution in [3.8, 4) is 135 Å². The molecule has 9 nitrogen and oxygen atoms in total. The van der Waals surface area contributed by atoms with E-state index in [4.69, 9.17) is 44.9 Å². The summed E-state index contributed by atoms with van der Waals surface area (Å²) in [5.74, 6) is 2.48. The van der Waals surface area contributed by atoms with Gasteiger partial charge in [-0.1, -0.05) is 425 Å². The molecule has 129 heavy (non-hydrogen) atoms. The van der Waals surface area contributed by atoms with Crippen LogP contribution in [0.5, 0.6) is 0 Å². The third-order valence-electron chi connectivity index (χ3n) is 24.6. The molecule has 17 aromatic carbocycles. The predicted octanol–water partition coefficient (Wildman–Crippen LogP) is 30.5. The Bertz CT molecular complexity index is 8290. The van der Waals surface area contributed by atoms with E-state index in [1.54, 1.807) is 0 Å². The van der Waals surface area contributed by atoms with Crippen LogP contribution in [-0.4, -0.2) is 50.1 Å². The van der Waals surface area contributed by atoms with Crippen molar-refractivity contribution in [2.75, 3.05) is 0 Å². The molecule has 6 aromatic heterocycles. The second-order valence-corrected chi connectivity index (χ2v) is 33.5. The Morgan fingerprint density at radius 2 is 0.419 bits per heavy atom. The van der Waals surface area contributed by atoms with E-state index in [1.807, 2.05) is 90.6 Å². The van der Waals surface area contributed by atoms with E-state index in [2.05, 4.69) is 376 Å². The zero-order chi connectivity index (χ0) is 85.5. The van der Waals surface area contributed by atoms with E-state index in [1.165, 1.54) is 37.7 Å². The lowest BCUT2D eigenvalue weighted by molar-refractivity contribution is 0.829. The van der Waals surface area contributed by atoms with Crippen molar-refractivity contribution in [3.63, 3.8) is 0 Å². The summed E-state index contributed by atoms with van der Waals surface area (Å²) in [6.07, 6.45) is 8.85. The first kappa shape index (κ1) is 77.2. The number of hydrogen-bond acceptors (Lipinski definition) is 10. The van der Waals surface area contributed by atoms with E-state index in [0.717, 1.165) is 195 Å². The van der Waals surface area contributed by atoms with Crippen LogP contribution in [0.15, 0.2) is 460 Å². The van der Waals surface area contributed by atoms with Crippen molar-refractivity contribution in [2.24, 2.45) is 0 Å². The van der Waals surface area contributed by atoms with E-state index in [9.17, 15) is 0 Å². The normalized spacial score (nSPS) is 13.2. The molecule has 0 spiro atoms. The van der Waals surface area contributed by atoms with Gasteiger partial charge in [-0.05, 0) is 63.7 Å². The Morgan fingerprint density at radius 3 is 0.783 bits per heavy atom. The molecule has 604 valence electrons. The number of benzene rings is 17. The number of para-hydroxylation sites is 5. The number of allylic oxidation sites excluding steroid dienone is 3. The molecule has 2 unspecified atom stereocenters. The number of hydrogen-bond donors (Lipinski definition) is 0. The molecule has 1 aliphatic carbocycles. The number of thioether (sulfide) groups is 1. The molecule has 1 aliphatic heterocycles. The lowest BCUT2D eigenvalue weighted by Crippen LogP contribution is -2.09. The van der Waals surface area contributed by atoms with Crippen molar-refractivity contribution in [1.82, 2.24) is 44.9 Å². The van der Waals surface area contributed by atoms with Gasteiger partial charge in [0.1, 0.15) is 0 Å². The maximum absolute atomic E-state index is 5.21. The zero-order valence-corrected chi connectivity index (χ0v) is 70.7. The zero-order valence-electron chi connectivity index (χ0n) is 69.9. The van der Waals surface area contributed by atoms with Gasteiger partial charge in [0.2, 0.25) is 0 Å². The summed E-state index contributed by atoms with van der Waals surface area (Å²) in [6, 6.07) is 150. The molecule has 0 bridgehead atoms. The van der Waals surface area contributed by atoms with Gasteiger partial charge in [-0.15, -0.1) is 11.8 Å². The van der Waals surface area contributed by atoms with E-state index in [-0.39, 0.29) is 5.92 Å². The summed E-state index contributed by atoms with van der Waals surface area (Å²) in [4.78, 5) is 46.9. The fourth-order valence-corrected chi connectivity index (χ4v) is 19.8. The highest BCUT2D eigenvalue weighted by atomic mass is 32.2. The first-order chi connectivity index (χ1) is 64.0. The first-order valence-electron chi connectivity index (χ1n) is 43.6. The highest BCUT2D eigenvalue weighted by molar-refractivity contribution is 8.00. The molecular formula is C119H77N9S. The van der Waals surface area contributed by atoms with E-state index in [0.29, 0.717) is 5.25 Å². The summed E-state index contributed by atoms with van der Waals surface area (Å²) in [6.45, 7) is 0. The number of rotatable bonds is 12. The van der Waals surface area contributed by atoms with E-state index >= 15 is 0 Å². The predicted molar refractivity (Wildman–Crippen MR) is 535 cm³/mol. The molecule has 0 amide bonds. The van der Waals surface area contributed by atoms with Crippen LogP contribution in [0.4, 0.5) is 0 Å². The molecule has 0 saturated heterocycles. The Labute approximate surface area is 750 Å². The Hall–Kier alpha value is -16.7. The van der Waals surface area contributed by atoms with Gasteiger partial charge in [-0.25, -0.2) is 44.9 Å². The Kier molecular flexibility index (Phi) is 20.2. The second-order valence-electron chi connectivity index (χ2n) is 32.4. The third kappa shape index (κ3) is 14.7. The standard InChI is InChI=1S/C41H27N3S.2C39H25N3/c1-3-12-27(13-4-1)37-33-19-11-18-30(36(33)31-16-7-9-20-34(31)42-37)26-22-24-29(25-23-26)41-43-38(28-14-5-2-6-15-28)40-39(44-41)32-17-8-10-21-35(32)45-40;1-3-12-27(13-4-1)38-33-19-11-18-30(36(33)31-16-7-9-20-34(31)40-38)26-22-24-28(25-23-26)37-32-17-8-10-21-35(32)41-39(42-37)29-14-5-2-6-15-29;1-3-12-27(13-4-1)37-32-17-8-10-21-35(32)41-39(42-37)29-24-22-26(23-25-29)30-18-11-19-33-36(30)31-16-7-9-20-34(31)40-38(33)28-14-5-2-6-15-28/h1-25,32,35H;2*1-25H. The molecular weight excluding hydrogens is 1590 g/mol. The monoisotopic (exact) mass is 1660 g/mol. The van der Waals surface area contributed by atoms with Crippen LogP contribution in [0.1, 0.15) is 11.6 Å². The summed E-state index contributed by atoms with van der Waals surface area (Å²) >= 11 is 1.88. The van der Waals surface area contributed by atoms with Gasteiger partial charge in [-0.2, -0.15) is 0 Å². The van der Waals surface area contributed by atoms with Gasteiger partial charge < -0.3 is 0 Å². The van der Waals surface area contributed by atoms with Gasteiger partial charge in [0.25, 0.3) is 0 Å². The van der Waals surface area contributed by atoms with E-state index < -0.39 is 0 Å². The SMILES string of the molecule is C1=CC2Sc3c(-c4ccccc4)nc(-c4ccc(-c5cccc6c(-c7ccccc7)nc7ccccc7c56)cc4)nc3C2C=C1.c1ccc(-c2nc(-c3ccc(-c4cccc5c(-c6ccccc6)nc6ccccc6c45)cc3)c3ccccc3n2)cc1.c1ccc(-c2nc(-c3ccc(-c4cccc5c(-c6ccccc6)nc6ccccc6c45)cc3)nc3ccccc23)cc1. The van der Waals surface area contributed by atoms with Crippen LogP contribution in [0.2, 0.25) is 0 Å². The molecule has 10 heteroatoms. The maximum atomic E-state index is 5.21. The van der Waals surface area contributed by atoms with Gasteiger partial charge in [0.15, 0.2) is 17.5 Å². The minimum Gasteiger partial charge on any atom is -0.247 e.